The van der Waals surface area contributed by atoms with Gasteiger partial charge < -0.3 is 24.7 Å². The molecule has 3 N–H and O–H groups in total. The van der Waals surface area contributed by atoms with Crippen LogP contribution in [0.1, 0.15) is 25.3 Å². The molecular formula is C20H25IN4O3. The monoisotopic (exact) mass is 496 g/mol. The summed E-state index contributed by atoms with van der Waals surface area (Å²) in [4.78, 5) is 4.51. The predicted octanol–water partition coefficient (Wildman–Crippen LogP) is 3.52. The minimum atomic E-state index is -1.14. The van der Waals surface area contributed by atoms with E-state index in [1.165, 1.54) is 6.26 Å². The highest BCUT2D eigenvalue weighted by Gasteiger charge is 2.26. The number of aromatic nitrogens is 1. The molecule has 150 valence electrons. The molecule has 2 aromatic heterocycles. The van der Waals surface area contributed by atoms with E-state index in [1.54, 1.807) is 19.1 Å². The van der Waals surface area contributed by atoms with Gasteiger partial charge in [-0.15, -0.1) is 24.0 Å². The van der Waals surface area contributed by atoms with Crippen LogP contribution in [0.2, 0.25) is 0 Å². The van der Waals surface area contributed by atoms with Gasteiger partial charge in [-0.3, -0.25) is 0 Å². The number of guanidine groups is 1. The van der Waals surface area contributed by atoms with Gasteiger partial charge in [-0.05, 0) is 26.0 Å². The summed E-state index contributed by atoms with van der Waals surface area (Å²) in [5, 5.41) is 20.9. The fraction of sp³-hybridized carbons (Fsp3) is 0.300. The topological polar surface area (TPSA) is 95.8 Å². The van der Waals surface area contributed by atoms with E-state index in [4.69, 9.17) is 8.94 Å². The first-order valence-corrected chi connectivity index (χ1v) is 8.88. The molecule has 0 amide bonds. The molecule has 0 radical (unpaired) electrons. The Kier molecular flexibility index (Phi) is 8.06. The first-order chi connectivity index (χ1) is 13.1. The van der Waals surface area contributed by atoms with E-state index in [9.17, 15) is 5.11 Å². The second kappa shape index (κ2) is 10.3. The molecule has 0 bridgehead atoms. The lowest BCUT2D eigenvalue weighted by Gasteiger charge is -2.22. The molecule has 0 aliphatic heterocycles. The summed E-state index contributed by atoms with van der Waals surface area (Å²) in [6.07, 6.45) is 1.54. The third-order valence-corrected chi connectivity index (χ3v) is 4.01. The Bertz CT molecular complexity index is 861. The number of benzene rings is 1. The molecule has 3 aromatic rings. The number of hydrogen-bond donors (Lipinski definition) is 3. The number of hydrogen-bond acceptors (Lipinski definition) is 5. The van der Waals surface area contributed by atoms with Gasteiger partial charge in [-0.1, -0.05) is 35.5 Å². The molecule has 0 aliphatic carbocycles. The van der Waals surface area contributed by atoms with Crippen molar-refractivity contribution >= 4 is 29.9 Å². The number of nitrogens with one attached hydrogen (secondary N) is 2. The zero-order chi connectivity index (χ0) is 19.1. The molecule has 1 aromatic carbocycles. The number of halogens is 1. The van der Waals surface area contributed by atoms with Crippen LogP contribution in [-0.2, 0) is 12.1 Å². The first-order valence-electron chi connectivity index (χ1n) is 8.88. The van der Waals surface area contributed by atoms with Gasteiger partial charge in [-0.2, -0.15) is 0 Å². The van der Waals surface area contributed by atoms with Crippen molar-refractivity contribution in [2.24, 2.45) is 4.99 Å². The zero-order valence-corrected chi connectivity index (χ0v) is 18.2. The van der Waals surface area contributed by atoms with E-state index in [-0.39, 0.29) is 30.5 Å². The van der Waals surface area contributed by atoms with Gasteiger partial charge >= 0.3 is 0 Å². The molecule has 8 heteroatoms. The van der Waals surface area contributed by atoms with Crippen molar-refractivity contribution in [3.05, 3.63) is 66.2 Å². The Morgan fingerprint density at radius 2 is 1.96 bits per heavy atom. The zero-order valence-electron chi connectivity index (χ0n) is 15.9. The molecule has 0 aliphatic rings. The smallest absolute Gasteiger partial charge is 0.191 e. The summed E-state index contributed by atoms with van der Waals surface area (Å²) in [7, 11) is 0. The average molecular weight is 496 g/mol. The van der Waals surface area contributed by atoms with Gasteiger partial charge in [0.05, 0.1) is 19.4 Å². The van der Waals surface area contributed by atoms with E-state index < -0.39 is 5.60 Å². The highest BCUT2D eigenvalue weighted by Crippen LogP contribution is 2.21. The number of furan rings is 1. The van der Waals surface area contributed by atoms with E-state index in [2.05, 4.69) is 20.8 Å². The number of aliphatic hydroxyl groups is 1. The Labute approximate surface area is 181 Å². The van der Waals surface area contributed by atoms with Crippen molar-refractivity contribution in [1.82, 2.24) is 15.8 Å². The van der Waals surface area contributed by atoms with Crippen molar-refractivity contribution in [3.63, 3.8) is 0 Å². The van der Waals surface area contributed by atoms with Crippen LogP contribution in [0.3, 0.4) is 0 Å². The SMILES string of the molecule is CCNC(=NCc1cc(-c2ccccc2)on1)NCC(C)(O)c1ccco1.I. The van der Waals surface area contributed by atoms with Gasteiger partial charge in [0.1, 0.15) is 17.1 Å². The minimum absolute atomic E-state index is 0. The lowest BCUT2D eigenvalue weighted by Crippen LogP contribution is -2.44. The molecule has 7 nitrogen and oxygen atoms in total. The second-order valence-electron chi connectivity index (χ2n) is 6.35. The third kappa shape index (κ3) is 5.83. The lowest BCUT2D eigenvalue weighted by molar-refractivity contribution is 0.0386. The lowest BCUT2D eigenvalue weighted by atomic mass is 10.0. The minimum Gasteiger partial charge on any atom is -0.466 e. The third-order valence-electron chi connectivity index (χ3n) is 4.01. The van der Waals surface area contributed by atoms with Crippen LogP contribution >= 0.6 is 24.0 Å². The Balaban J connectivity index is 0.00000280. The van der Waals surface area contributed by atoms with Crippen molar-refractivity contribution in [2.45, 2.75) is 26.0 Å². The van der Waals surface area contributed by atoms with E-state index in [0.29, 0.717) is 30.6 Å². The maximum atomic E-state index is 10.5. The van der Waals surface area contributed by atoms with E-state index in [1.807, 2.05) is 43.3 Å². The fourth-order valence-electron chi connectivity index (χ4n) is 2.55. The molecule has 3 rings (SSSR count). The number of rotatable bonds is 7. The van der Waals surface area contributed by atoms with Crippen LogP contribution in [0, 0.1) is 0 Å². The van der Waals surface area contributed by atoms with Gasteiger partial charge in [-0.25, -0.2) is 4.99 Å². The maximum Gasteiger partial charge on any atom is 0.191 e. The van der Waals surface area contributed by atoms with Crippen LogP contribution in [0.4, 0.5) is 0 Å². The first kappa shape index (κ1) is 22.0. The molecule has 28 heavy (non-hydrogen) atoms. The largest absolute Gasteiger partial charge is 0.466 e. The van der Waals surface area contributed by atoms with Crippen LogP contribution in [-0.4, -0.2) is 29.3 Å². The summed E-state index contributed by atoms with van der Waals surface area (Å²) in [5.41, 5.74) is 0.553. The number of nitrogens with zero attached hydrogens (tertiary/aromatic N) is 2. The molecule has 1 atom stereocenters. The summed E-state index contributed by atoms with van der Waals surface area (Å²) in [6, 6.07) is 15.2. The van der Waals surface area contributed by atoms with Crippen molar-refractivity contribution in [1.29, 1.82) is 0 Å². The van der Waals surface area contributed by atoms with Gasteiger partial charge in [0.2, 0.25) is 0 Å². The average Bonchev–Trinajstić information content (AvgIpc) is 3.37. The highest BCUT2D eigenvalue weighted by molar-refractivity contribution is 14.0. The van der Waals surface area contributed by atoms with Crippen molar-refractivity contribution < 1.29 is 14.0 Å². The highest BCUT2D eigenvalue weighted by atomic mass is 127. The van der Waals surface area contributed by atoms with Crippen molar-refractivity contribution in [3.8, 4) is 11.3 Å². The second-order valence-corrected chi connectivity index (χ2v) is 6.35. The standard InChI is InChI=1S/C20H24N4O3.HI/c1-3-21-19(23-14-20(2,25)18-10-7-11-26-18)22-13-16-12-17(27-24-16)15-8-5-4-6-9-15;/h4-12,25H,3,13-14H2,1-2H3,(H2,21,22,23);1H. The van der Waals surface area contributed by atoms with Crippen LogP contribution in [0.15, 0.2) is 68.7 Å². The molecular weight excluding hydrogens is 471 g/mol. The van der Waals surface area contributed by atoms with Gasteiger partial charge in [0.25, 0.3) is 0 Å². The predicted molar refractivity (Wildman–Crippen MR) is 118 cm³/mol. The van der Waals surface area contributed by atoms with Crippen LogP contribution < -0.4 is 10.6 Å². The van der Waals surface area contributed by atoms with Crippen molar-refractivity contribution in [2.75, 3.05) is 13.1 Å². The Morgan fingerprint density at radius 3 is 2.64 bits per heavy atom. The van der Waals surface area contributed by atoms with E-state index in [0.717, 1.165) is 11.3 Å². The molecule has 0 fully saturated rings. The van der Waals surface area contributed by atoms with E-state index >= 15 is 0 Å². The Morgan fingerprint density at radius 1 is 1.18 bits per heavy atom. The fourth-order valence-corrected chi connectivity index (χ4v) is 2.55. The summed E-state index contributed by atoms with van der Waals surface area (Å²) in [6.45, 7) is 4.97. The summed E-state index contributed by atoms with van der Waals surface area (Å²) in [5.74, 6) is 1.78. The van der Waals surface area contributed by atoms with Gasteiger partial charge in [0, 0.05) is 18.2 Å². The molecule has 0 saturated carbocycles. The normalized spacial score (nSPS) is 13.5. The summed E-state index contributed by atoms with van der Waals surface area (Å²) < 4.78 is 10.7. The summed E-state index contributed by atoms with van der Waals surface area (Å²) >= 11 is 0. The molecule has 1 unspecified atom stereocenters. The van der Waals surface area contributed by atoms with Crippen LogP contribution in [0.25, 0.3) is 11.3 Å². The maximum absolute atomic E-state index is 10.5. The molecule has 0 saturated heterocycles. The quantitative estimate of drug-likeness (QED) is 0.263. The number of aliphatic imine (C=N–C) groups is 1. The van der Waals surface area contributed by atoms with Gasteiger partial charge in [0.15, 0.2) is 11.7 Å². The molecule has 2 heterocycles. The molecule has 0 spiro atoms. The van der Waals surface area contributed by atoms with Crippen LogP contribution in [0.5, 0.6) is 0 Å². The Hall–Kier alpha value is -2.33.